The molecule has 0 saturated carbocycles. The van der Waals surface area contributed by atoms with Crippen LogP contribution in [0.4, 0.5) is 27.6 Å². The molecule has 1 fully saturated rings. The third-order valence-electron chi connectivity index (χ3n) is 8.79. The molecule has 10 nitrogen and oxygen atoms in total. The highest BCUT2D eigenvalue weighted by atomic mass is 19.4. The quantitative estimate of drug-likeness (QED) is 0.138. The predicted molar refractivity (Wildman–Crippen MR) is 182 cm³/mol. The van der Waals surface area contributed by atoms with E-state index in [9.17, 15) is 31.5 Å². The number of carbonyl (C=O) groups is 2. The number of ether oxygens (including phenoxy) is 3. The number of halogens is 5. The SMILES string of the molecule is CC1CN(C(=O)c2cc3ccc(Oc4ccc(N(C)C(=O)c5ccc(OC(F)(F)F)cc5)cn4)cc3n2C)CCN1Cc1ccc(OC(F)F)cc1. The number of piperazine rings is 1. The maximum absolute atomic E-state index is 13.7. The van der Waals surface area contributed by atoms with Gasteiger partial charge in [-0.3, -0.25) is 14.5 Å². The molecule has 0 N–H and O–H groups in total. The Hall–Kier alpha value is -5.70. The number of carbonyl (C=O) groups excluding carboxylic acids is 2. The number of fused-ring (bicyclic) bond motifs is 1. The summed E-state index contributed by atoms with van der Waals surface area (Å²) < 4.78 is 78.4. The Balaban J connectivity index is 1.06. The van der Waals surface area contributed by atoms with E-state index in [0.717, 1.165) is 28.6 Å². The Morgan fingerprint density at radius 2 is 1.62 bits per heavy atom. The number of hydrogen-bond acceptors (Lipinski definition) is 7. The number of rotatable bonds is 10. The predicted octanol–water partition coefficient (Wildman–Crippen LogP) is 7.49. The lowest BCUT2D eigenvalue weighted by molar-refractivity contribution is -0.274. The van der Waals surface area contributed by atoms with Crippen molar-refractivity contribution in [1.29, 1.82) is 0 Å². The van der Waals surface area contributed by atoms with Crippen molar-refractivity contribution >= 4 is 28.4 Å². The third-order valence-corrected chi connectivity index (χ3v) is 8.79. The molecular formula is C37H34F5N5O5. The molecule has 0 aliphatic carbocycles. The van der Waals surface area contributed by atoms with Crippen LogP contribution in [0.1, 0.15) is 33.3 Å². The van der Waals surface area contributed by atoms with Crippen LogP contribution in [0.5, 0.6) is 23.1 Å². The van der Waals surface area contributed by atoms with E-state index in [-0.39, 0.29) is 29.1 Å². The smallest absolute Gasteiger partial charge is 0.439 e. The summed E-state index contributed by atoms with van der Waals surface area (Å²) in [5.74, 6) is -0.138. The van der Waals surface area contributed by atoms with Crippen LogP contribution < -0.4 is 19.1 Å². The van der Waals surface area contributed by atoms with Crippen molar-refractivity contribution in [3.8, 4) is 23.1 Å². The van der Waals surface area contributed by atoms with Gasteiger partial charge in [-0.1, -0.05) is 12.1 Å². The van der Waals surface area contributed by atoms with Gasteiger partial charge >= 0.3 is 13.0 Å². The molecule has 52 heavy (non-hydrogen) atoms. The summed E-state index contributed by atoms with van der Waals surface area (Å²) in [5, 5.41) is 0.852. The van der Waals surface area contributed by atoms with E-state index in [4.69, 9.17) is 4.74 Å². The zero-order valence-corrected chi connectivity index (χ0v) is 28.3. The number of anilines is 1. The van der Waals surface area contributed by atoms with Crippen molar-refractivity contribution < 1.29 is 45.8 Å². The standard InChI is InChI=1S/C37H34F5N5O5/c1-23-21-47(17-16-46(23)22-24-4-10-28(11-5-24)51-36(38)39)35(49)32-18-26-8-14-30(19-31(26)45(32)3)50-33-15-9-27(20-43-33)44(2)34(48)25-6-12-29(13-7-25)52-37(40,41)42/h4-15,18-20,23,36H,16-17,21-22H2,1-3H3. The highest BCUT2D eigenvalue weighted by Gasteiger charge is 2.31. The van der Waals surface area contributed by atoms with Crippen LogP contribution in [-0.4, -0.2) is 76.9 Å². The molecular weight excluding hydrogens is 689 g/mol. The lowest BCUT2D eigenvalue weighted by atomic mass is 10.1. The van der Waals surface area contributed by atoms with Crippen molar-refractivity contribution in [2.45, 2.75) is 32.5 Å². The first-order valence-corrected chi connectivity index (χ1v) is 16.2. The first kappa shape index (κ1) is 36.1. The zero-order valence-electron chi connectivity index (χ0n) is 28.3. The molecule has 5 aromatic rings. The maximum atomic E-state index is 13.7. The zero-order chi connectivity index (χ0) is 37.2. The molecule has 1 aliphatic heterocycles. The molecule has 272 valence electrons. The van der Waals surface area contributed by atoms with Gasteiger partial charge in [-0.15, -0.1) is 13.2 Å². The fourth-order valence-electron chi connectivity index (χ4n) is 6.03. The van der Waals surface area contributed by atoms with E-state index < -0.39 is 24.6 Å². The average Bonchev–Trinajstić information content (AvgIpc) is 3.44. The van der Waals surface area contributed by atoms with Crippen LogP contribution >= 0.6 is 0 Å². The van der Waals surface area contributed by atoms with Gasteiger partial charge < -0.3 is 28.6 Å². The Kier molecular flexibility index (Phi) is 10.3. The second-order valence-corrected chi connectivity index (χ2v) is 12.3. The number of alkyl halides is 5. The van der Waals surface area contributed by atoms with Crippen LogP contribution in [0.25, 0.3) is 10.9 Å². The van der Waals surface area contributed by atoms with E-state index >= 15 is 0 Å². The van der Waals surface area contributed by atoms with Crippen molar-refractivity contribution in [3.63, 3.8) is 0 Å². The first-order valence-electron chi connectivity index (χ1n) is 16.2. The molecule has 0 radical (unpaired) electrons. The molecule has 1 aliphatic rings. The Bertz CT molecular complexity index is 2040. The van der Waals surface area contributed by atoms with Crippen LogP contribution in [0.2, 0.25) is 0 Å². The van der Waals surface area contributed by atoms with E-state index in [1.54, 1.807) is 30.3 Å². The third kappa shape index (κ3) is 8.42. The molecule has 0 bridgehead atoms. The van der Waals surface area contributed by atoms with Crippen LogP contribution in [0.3, 0.4) is 0 Å². The Morgan fingerprint density at radius 1 is 0.923 bits per heavy atom. The molecule has 1 saturated heterocycles. The van der Waals surface area contributed by atoms with Gasteiger partial charge in [0.2, 0.25) is 5.88 Å². The van der Waals surface area contributed by atoms with E-state index in [0.29, 0.717) is 43.3 Å². The molecule has 2 aromatic heterocycles. The van der Waals surface area contributed by atoms with Crippen LogP contribution in [0, 0.1) is 0 Å². The van der Waals surface area contributed by atoms with Gasteiger partial charge in [0, 0.05) is 69.4 Å². The van der Waals surface area contributed by atoms with Gasteiger partial charge in [0.15, 0.2) is 0 Å². The monoisotopic (exact) mass is 723 g/mol. The second kappa shape index (κ2) is 14.9. The summed E-state index contributed by atoms with van der Waals surface area (Å²) in [7, 11) is 3.33. The minimum absolute atomic E-state index is 0.0643. The summed E-state index contributed by atoms with van der Waals surface area (Å²) >= 11 is 0. The summed E-state index contributed by atoms with van der Waals surface area (Å²) in [6.07, 6.45) is -3.39. The Labute approximate surface area is 295 Å². The number of aromatic nitrogens is 2. The molecule has 1 unspecified atom stereocenters. The Morgan fingerprint density at radius 3 is 2.25 bits per heavy atom. The molecule has 3 aromatic carbocycles. The van der Waals surface area contributed by atoms with Crippen molar-refractivity contribution in [3.05, 3.63) is 108 Å². The van der Waals surface area contributed by atoms with E-state index in [1.165, 1.54) is 42.4 Å². The fourth-order valence-corrected chi connectivity index (χ4v) is 6.03. The second-order valence-electron chi connectivity index (χ2n) is 12.3. The molecule has 0 spiro atoms. The van der Waals surface area contributed by atoms with Crippen molar-refractivity contribution in [1.82, 2.24) is 19.4 Å². The van der Waals surface area contributed by atoms with Gasteiger partial charge in [-0.25, -0.2) is 4.98 Å². The van der Waals surface area contributed by atoms with Gasteiger partial charge in [0.25, 0.3) is 11.8 Å². The summed E-state index contributed by atoms with van der Waals surface area (Å²) in [4.78, 5) is 36.3. The molecule has 3 heterocycles. The molecule has 2 amide bonds. The minimum Gasteiger partial charge on any atom is -0.439 e. The highest BCUT2D eigenvalue weighted by molar-refractivity contribution is 6.05. The van der Waals surface area contributed by atoms with E-state index in [1.807, 2.05) is 41.6 Å². The first-order chi connectivity index (χ1) is 24.7. The van der Waals surface area contributed by atoms with Crippen LogP contribution in [0.15, 0.2) is 91.1 Å². The van der Waals surface area contributed by atoms with Gasteiger partial charge in [-0.05, 0) is 73.2 Å². The fraction of sp³-hybridized carbons (Fsp3) is 0.270. The van der Waals surface area contributed by atoms with Gasteiger partial charge in [0.1, 0.15) is 22.9 Å². The summed E-state index contributed by atoms with van der Waals surface area (Å²) in [5.41, 5.74) is 2.86. The largest absolute Gasteiger partial charge is 0.573 e. The molecule has 1 atom stereocenters. The topological polar surface area (TPSA) is 89.4 Å². The average molecular weight is 724 g/mol. The lowest BCUT2D eigenvalue weighted by Crippen LogP contribution is -2.53. The van der Waals surface area contributed by atoms with E-state index in [2.05, 4.69) is 19.4 Å². The number of amides is 2. The van der Waals surface area contributed by atoms with Crippen molar-refractivity contribution in [2.24, 2.45) is 7.05 Å². The number of hydrogen-bond donors (Lipinski definition) is 0. The summed E-state index contributed by atoms with van der Waals surface area (Å²) in [6, 6.07) is 21.7. The number of nitrogens with zero attached hydrogens (tertiary/aromatic N) is 5. The van der Waals surface area contributed by atoms with Gasteiger partial charge in [0.05, 0.1) is 17.4 Å². The van der Waals surface area contributed by atoms with Crippen molar-refractivity contribution in [2.75, 3.05) is 31.6 Å². The lowest BCUT2D eigenvalue weighted by Gasteiger charge is -2.40. The molecule has 15 heteroatoms. The molecule has 6 rings (SSSR count). The number of aryl methyl sites for hydroxylation is 1. The maximum Gasteiger partial charge on any atom is 0.573 e. The highest BCUT2D eigenvalue weighted by Crippen LogP contribution is 2.29. The number of pyridine rings is 1. The normalized spacial score (nSPS) is 15.2. The van der Waals surface area contributed by atoms with Crippen LogP contribution in [-0.2, 0) is 13.6 Å². The number of benzene rings is 3. The minimum atomic E-state index is -4.83. The summed E-state index contributed by atoms with van der Waals surface area (Å²) in [6.45, 7) is 1.48. The van der Waals surface area contributed by atoms with Gasteiger partial charge in [-0.2, -0.15) is 8.78 Å².